The van der Waals surface area contributed by atoms with Crippen LogP contribution in [0, 0.1) is 0 Å². The quantitative estimate of drug-likeness (QED) is 0.827. The maximum absolute atomic E-state index is 13.1. The number of pyridine rings is 1. The van der Waals surface area contributed by atoms with Crippen molar-refractivity contribution in [3.63, 3.8) is 0 Å². The van der Waals surface area contributed by atoms with Crippen LogP contribution in [0.15, 0.2) is 18.3 Å². The maximum Gasteiger partial charge on any atom is 0.257 e. The molecule has 1 amide bonds. The van der Waals surface area contributed by atoms with Gasteiger partial charge in [0.05, 0.1) is 5.56 Å². The Hall–Kier alpha value is -1.66. The highest BCUT2D eigenvalue weighted by Crippen LogP contribution is 2.23. The third-order valence-corrected chi connectivity index (χ3v) is 5.38. The van der Waals surface area contributed by atoms with Crippen molar-refractivity contribution in [1.29, 1.82) is 0 Å². The number of rotatable bonds is 3. The van der Waals surface area contributed by atoms with E-state index in [1.54, 1.807) is 6.20 Å². The lowest BCUT2D eigenvalue weighted by Gasteiger charge is -2.37. The SMILES string of the molecule is CN1CCC(N(C)C(=O)c2cccnc2N2CCN(C)CC2)CC1. The number of hydrogen-bond acceptors (Lipinski definition) is 5. The Labute approximate surface area is 145 Å². The van der Waals surface area contributed by atoms with Crippen molar-refractivity contribution >= 4 is 11.7 Å². The highest BCUT2D eigenvalue weighted by Gasteiger charge is 2.28. The molecule has 1 aromatic rings. The van der Waals surface area contributed by atoms with Gasteiger partial charge in [-0.2, -0.15) is 0 Å². The predicted molar refractivity (Wildman–Crippen MR) is 96.6 cm³/mol. The average Bonchev–Trinajstić information content (AvgIpc) is 2.62. The molecule has 0 spiro atoms. The molecule has 3 heterocycles. The van der Waals surface area contributed by atoms with E-state index in [4.69, 9.17) is 0 Å². The lowest BCUT2D eigenvalue weighted by molar-refractivity contribution is 0.0659. The van der Waals surface area contributed by atoms with Crippen LogP contribution in [0.5, 0.6) is 0 Å². The lowest BCUT2D eigenvalue weighted by atomic mass is 10.0. The third-order valence-electron chi connectivity index (χ3n) is 5.38. The molecule has 24 heavy (non-hydrogen) atoms. The number of aromatic nitrogens is 1. The first-order valence-corrected chi connectivity index (χ1v) is 8.90. The molecule has 0 atom stereocenters. The molecular weight excluding hydrogens is 302 g/mol. The standard InChI is InChI=1S/C18H29N5O/c1-20-9-6-15(7-10-20)22(3)18(24)16-5-4-8-19-17(16)23-13-11-21(2)12-14-23/h4-5,8,15H,6-7,9-14H2,1-3H3. The zero-order valence-electron chi connectivity index (χ0n) is 15.1. The summed E-state index contributed by atoms with van der Waals surface area (Å²) in [6, 6.07) is 4.12. The summed E-state index contributed by atoms with van der Waals surface area (Å²) in [5.41, 5.74) is 0.739. The summed E-state index contributed by atoms with van der Waals surface area (Å²) >= 11 is 0. The number of piperazine rings is 1. The molecule has 6 nitrogen and oxygen atoms in total. The summed E-state index contributed by atoms with van der Waals surface area (Å²) in [4.78, 5) is 26.4. The van der Waals surface area contributed by atoms with Crippen molar-refractivity contribution in [1.82, 2.24) is 19.7 Å². The molecule has 0 aliphatic carbocycles. The third kappa shape index (κ3) is 3.70. The van der Waals surface area contributed by atoms with Gasteiger partial charge in [-0.3, -0.25) is 4.79 Å². The van der Waals surface area contributed by atoms with Gasteiger partial charge in [0.1, 0.15) is 5.82 Å². The average molecular weight is 331 g/mol. The number of nitrogens with zero attached hydrogens (tertiary/aromatic N) is 5. The smallest absolute Gasteiger partial charge is 0.257 e. The van der Waals surface area contributed by atoms with Gasteiger partial charge in [-0.15, -0.1) is 0 Å². The van der Waals surface area contributed by atoms with Crippen LogP contribution in [-0.4, -0.2) is 92.0 Å². The van der Waals surface area contributed by atoms with E-state index in [2.05, 4.69) is 33.8 Å². The van der Waals surface area contributed by atoms with Crippen LogP contribution in [0.1, 0.15) is 23.2 Å². The second-order valence-electron chi connectivity index (χ2n) is 7.12. The normalized spacial score (nSPS) is 21.0. The number of carbonyl (C=O) groups excluding carboxylic acids is 1. The molecular formula is C18H29N5O. The highest BCUT2D eigenvalue weighted by molar-refractivity contribution is 5.99. The van der Waals surface area contributed by atoms with Crippen LogP contribution in [0.2, 0.25) is 0 Å². The second-order valence-corrected chi connectivity index (χ2v) is 7.12. The molecule has 2 aliphatic heterocycles. The van der Waals surface area contributed by atoms with Crippen molar-refractivity contribution in [3.05, 3.63) is 23.9 Å². The largest absolute Gasteiger partial charge is 0.353 e. The minimum absolute atomic E-state index is 0.103. The van der Waals surface area contributed by atoms with Gasteiger partial charge < -0.3 is 19.6 Å². The molecule has 0 N–H and O–H groups in total. The molecule has 132 valence electrons. The van der Waals surface area contributed by atoms with E-state index < -0.39 is 0 Å². The summed E-state index contributed by atoms with van der Waals surface area (Å²) in [6.07, 6.45) is 3.88. The van der Waals surface area contributed by atoms with Gasteiger partial charge in [-0.05, 0) is 52.2 Å². The van der Waals surface area contributed by atoms with Gasteiger partial charge in [-0.25, -0.2) is 4.98 Å². The lowest BCUT2D eigenvalue weighted by Crippen LogP contribution is -2.47. The van der Waals surface area contributed by atoms with Gasteiger partial charge in [0.15, 0.2) is 0 Å². The number of hydrogen-bond donors (Lipinski definition) is 0. The van der Waals surface area contributed by atoms with Crippen molar-refractivity contribution in [2.24, 2.45) is 0 Å². The summed E-state index contributed by atoms with van der Waals surface area (Å²) < 4.78 is 0. The Morgan fingerprint density at radius 2 is 1.71 bits per heavy atom. The Balaban J connectivity index is 1.75. The summed E-state index contributed by atoms with van der Waals surface area (Å²) in [5.74, 6) is 0.946. The van der Waals surface area contributed by atoms with E-state index in [0.29, 0.717) is 6.04 Å². The van der Waals surface area contributed by atoms with Crippen molar-refractivity contribution in [3.8, 4) is 0 Å². The predicted octanol–water partition coefficient (Wildman–Crippen LogP) is 1.000. The zero-order chi connectivity index (χ0) is 17.1. The summed E-state index contributed by atoms with van der Waals surface area (Å²) in [6.45, 7) is 5.97. The van der Waals surface area contributed by atoms with E-state index in [-0.39, 0.29) is 5.91 Å². The molecule has 0 radical (unpaired) electrons. The topological polar surface area (TPSA) is 42.9 Å². The number of likely N-dealkylation sites (tertiary alicyclic amines) is 1. The summed E-state index contributed by atoms with van der Waals surface area (Å²) in [7, 11) is 6.22. The molecule has 2 saturated heterocycles. The fourth-order valence-electron chi connectivity index (χ4n) is 3.57. The van der Waals surface area contributed by atoms with Gasteiger partial charge in [0, 0.05) is 45.5 Å². The Bertz CT molecular complexity index is 562. The first kappa shape index (κ1) is 17.2. The molecule has 2 aliphatic rings. The van der Waals surface area contributed by atoms with E-state index in [1.807, 2.05) is 24.1 Å². The Morgan fingerprint density at radius 1 is 1.08 bits per heavy atom. The van der Waals surface area contributed by atoms with Crippen molar-refractivity contribution in [2.75, 3.05) is 65.3 Å². The fourth-order valence-corrected chi connectivity index (χ4v) is 3.57. The Kier molecular flexibility index (Phi) is 5.36. The number of anilines is 1. The molecule has 0 saturated carbocycles. The van der Waals surface area contributed by atoms with E-state index in [0.717, 1.165) is 63.5 Å². The van der Waals surface area contributed by atoms with Crippen LogP contribution in [-0.2, 0) is 0 Å². The van der Waals surface area contributed by atoms with Gasteiger partial charge in [0.2, 0.25) is 0 Å². The minimum Gasteiger partial charge on any atom is -0.353 e. The van der Waals surface area contributed by atoms with Crippen LogP contribution in [0.25, 0.3) is 0 Å². The molecule has 3 rings (SSSR count). The van der Waals surface area contributed by atoms with E-state index >= 15 is 0 Å². The van der Waals surface area contributed by atoms with Crippen LogP contribution in [0.4, 0.5) is 5.82 Å². The number of carbonyl (C=O) groups is 1. The second kappa shape index (κ2) is 7.49. The number of piperidine rings is 1. The van der Waals surface area contributed by atoms with Gasteiger partial charge in [-0.1, -0.05) is 0 Å². The molecule has 0 unspecified atom stereocenters. The minimum atomic E-state index is 0.103. The van der Waals surface area contributed by atoms with Gasteiger partial charge in [0.25, 0.3) is 5.91 Å². The molecule has 2 fully saturated rings. The van der Waals surface area contributed by atoms with E-state index in [9.17, 15) is 4.79 Å². The molecule has 1 aromatic heterocycles. The molecule has 0 bridgehead atoms. The highest BCUT2D eigenvalue weighted by atomic mass is 16.2. The van der Waals surface area contributed by atoms with E-state index in [1.165, 1.54) is 0 Å². The maximum atomic E-state index is 13.1. The van der Waals surface area contributed by atoms with Crippen LogP contribution >= 0.6 is 0 Å². The molecule has 0 aromatic carbocycles. The van der Waals surface area contributed by atoms with Crippen molar-refractivity contribution in [2.45, 2.75) is 18.9 Å². The van der Waals surface area contributed by atoms with Crippen LogP contribution < -0.4 is 4.90 Å². The van der Waals surface area contributed by atoms with Crippen LogP contribution in [0.3, 0.4) is 0 Å². The zero-order valence-corrected chi connectivity index (χ0v) is 15.1. The van der Waals surface area contributed by atoms with Crippen molar-refractivity contribution < 1.29 is 4.79 Å². The van der Waals surface area contributed by atoms with Gasteiger partial charge >= 0.3 is 0 Å². The first-order valence-electron chi connectivity index (χ1n) is 8.90. The molecule has 6 heteroatoms. The first-order chi connectivity index (χ1) is 11.6. The fraction of sp³-hybridized carbons (Fsp3) is 0.667. The monoisotopic (exact) mass is 331 g/mol. The number of likely N-dealkylation sites (N-methyl/N-ethyl adjacent to an activating group) is 1. The summed E-state index contributed by atoms with van der Waals surface area (Å²) in [5, 5.41) is 0. The Morgan fingerprint density at radius 3 is 2.38 bits per heavy atom. The number of amides is 1.